The first kappa shape index (κ1) is 12.4. The van der Waals surface area contributed by atoms with Gasteiger partial charge in [-0.2, -0.15) is 0 Å². The molecule has 1 amide bonds. The van der Waals surface area contributed by atoms with Crippen molar-refractivity contribution < 1.29 is 13.6 Å². The SMILES string of the molecule is O=C1Nc2c(F)cc(F)cc2NC2CCCCCC12. The van der Waals surface area contributed by atoms with Crippen LogP contribution in [0.4, 0.5) is 20.2 Å². The first-order chi connectivity index (χ1) is 9.15. The number of halogens is 2. The number of hydrogen-bond donors (Lipinski definition) is 2. The topological polar surface area (TPSA) is 41.1 Å². The summed E-state index contributed by atoms with van der Waals surface area (Å²) in [6, 6.07) is 2.00. The van der Waals surface area contributed by atoms with E-state index < -0.39 is 11.6 Å². The minimum Gasteiger partial charge on any atom is -0.380 e. The van der Waals surface area contributed by atoms with Crippen molar-refractivity contribution >= 4 is 17.3 Å². The van der Waals surface area contributed by atoms with Gasteiger partial charge in [0.15, 0.2) is 5.82 Å². The highest BCUT2D eigenvalue weighted by Gasteiger charge is 2.34. The number of benzene rings is 1. The maximum Gasteiger partial charge on any atom is 0.229 e. The molecule has 0 spiro atoms. The van der Waals surface area contributed by atoms with Gasteiger partial charge in [0, 0.05) is 12.1 Å². The number of carbonyl (C=O) groups excluding carboxylic acids is 1. The number of anilines is 2. The van der Waals surface area contributed by atoms with Crippen LogP contribution in [0.2, 0.25) is 0 Å². The summed E-state index contributed by atoms with van der Waals surface area (Å²) < 4.78 is 27.0. The van der Waals surface area contributed by atoms with Gasteiger partial charge in [0.05, 0.1) is 11.6 Å². The second kappa shape index (κ2) is 4.79. The van der Waals surface area contributed by atoms with Crippen LogP contribution in [0.3, 0.4) is 0 Å². The summed E-state index contributed by atoms with van der Waals surface area (Å²) in [5.74, 6) is -1.70. The van der Waals surface area contributed by atoms with Gasteiger partial charge in [-0.3, -0.25) is 4.79 Å². The largest absolute Gasteiger partial charge is 0.380 e. The third-order valence-electron chi connectivity index (χ3n) is 4.00. The highest BCUT2D eigenvalue weighted by molar-refractivity contribution is 5.98. The van der Waals surface area contributed by atoms with Crippen molar-refractivity contribution in [3.8, 4) is 0 Å². The van der Waals surface area contributed by atoms with E-state index in [1.54, 1.807) is 0 Å². The van der Waals surface area contributed by atoms with Crippen LogP contribution in [-0.2, 0) is 4.79 Å². The second-order valence-corrected chi connectivity index (χ2v) is 5.29. The third kappa shape index (κ3) is 2.29. The fraction of sp³-hybridized carbons (Fsp3) is 0.500. The Labute approximate surface area is 110 Å². The maximum atomic E-state index is 13.7. The Kier molecular flexibility index (Phi) is 3.12. The second-order valence-electron chi connectivity index (χ2n) is 5.29. The summed E-state index contributed by atoms with van der Waals surface area (Å²) in [5.41, 5.74) is 0.416. The van der Waals surface area contributed by atoms with Crippen molar-refractivity contribution in [1.29, 1.82) is 0 Å². The van der Waals surface area contributed by atoms with E-state index in [0.717, 1.165) is 38.2 Å². The molecule has 2 N–H and O–H groups in total. The van der Waals surface area contributed by atoms with Crippen molar-refractivity contribution in [2.45, 2.75) is 38.1 Å². The number of amides is 1. The van der Waals surface area contributed by atoms with Gasteiger partial charge in [-0.05, 0) is 18.9 Å². The number of fused-ring (bicyclic) bond motifs is 2. The fourth-order valence-corrected chi connectivity index (χ4v) is 3.02. The van der Waals surface area contributed by atoms with Crippen LogP contribution in [0.5, 0.6) is 0 Å². The highest BCUT2D eigenvalue weighted by atomic mass is 19.1. The predicted molar refractivity (Wildman–Crippen MR) is 69.0 cm³/mol. The Bertz CT molecular complexity index is 518. The molecule has 3 rings (SSSR count). The van der Waals surface area contributed by atoms with Crippen LogP contribution in [0, 0.1) is 17.6 Å². The smallest absolute Gasteiger partial charge is 0.229 e. The van der Waals surface area contributed by atoms with Gasteiger partial charge in [0.1, 0.15) is 11.5 Å². The molecule has 3 nitrogen and oxygen atoms in total. The minimum atomic E-state index is -0.729. The molecule has 1 aliphatic heterocycles. The zero-order chi connectivity index (χ0) is 13.4. The monoisotopic (exact) mass is 266 g/mol. The maximum absolute atomic E-state index is 13.7. The quantitative estimate of drug-likeness (QED) is 0.756. The lowest BCUT2D eigenvalue weighted by Crippen LogP contribution is -2.34. The van der Waals surface area contributed by atoms with Crippen molar-refractivity contribution in [3.05, 3.63) is 23.8 Å². The van der Waals surface area contributed by atoms with E-state index in [1.165, 1.54) is 6.07 Å². The molecule has 0 saturated heterocycles. The number of hydrogen-bond acceptors (Lipinski definition) is 2. The lowest BCUT2D eigenvalue weighted by Gasteiger charge is -2.22. The Morgan fingerprint density at radius 3 is 2.74 bits per heavy atom. The van der Waals surface area contributed by atoms with E-state index in [9.17, 15) is 13.6 Å². The van der Waals surface area contributed by atoms with E-state index in [0.29, 0.717) is 5.69 Å². The van der Waals surface area contributed by atoms with Crippen LogP contribution < -0.4 is 10.6 Å². The van der Waals surface area contributed by atoms with Gasteiger partial charge in [-0.1, -0.05) is 19.3 Å². The zero-order valence-corrected chi connectivity index (χ0v) is 10.5. The van der Waals surface area contributed by atoms with Crippen LogP contribution in [0.15, 0.2) is 12.1 Å². The van der Waals surface area contributed by atoms with E-state index >= 15 is 0 Å². The number of carbonyl (C=O) groups is 1. The van der Waals surface area contributed by atoms with Crippen molar-refractivity contribution in [2.75, 3.05) is 10.6 Å². The highest BCUT2D eigenvalue weighted by Crippen LogP contribution is 2.35. The molecule has 1 aliphatic carbocycles. The van der Waals surface area contributed by atoms with Crippen molar-refractivity contribution in [3.63, 3.8) is 0 Å². The molecule has 2 atom stereocenters. The third-order valence-corrected chi connectivity index (χ3v) is 4.00. The molecule has 1 aromatic carbocycles. The molecule has 2 unspecified atom stereocenters. The molecule has 0 bridgehead atoms. The molecule has 5 heteroatoms. The van der Waals surface area contributed by atoms with Gasteiger partial charge in [-0.25, -0.2) is 8.78 Å². The molecule has 1 heterocycles. The Balaban J connectivity index is 2.01. The molecule has 0 radical (unpaired) electrons. The summed E-state index contributed by atoms with van der Waals surface area (Å²) in [5, 5.41) is 5.75. The molecule has 2 aliphatic rings. The Morgan fingerprint density at radius 2 is 1.89 bits per heavy atom. The normalized spacial score (nSPS) is 26.3. The van der Waals surface area contributed by atoms with E-state index in [-0.39, 0.29) is 23.6 Å². The van der Waals surface area contributed by atoms with Crippen LogP contribution in [0.1, 0.15) is 32.1 Å². The summed E-state index contributed by atoms with van der Waals surface area (Å²) >= 11 is 0. The number of rotatable bonds is 0. The summed E-state index contributed by atoms with van der Waals surface area (Å²) in [6.07, 6.45) is 4.79. The van der Waals surface area contributed by atoms with E-state index in [1.807, 2.05) is 0 Å². The van der Waals surface area contributed by atoms with Gasteiger partial charge >= 0.3 is 0 Å². The van der Waals surface area contributed by atoms with Gasteiger partial charge in [0.25, 0.3) is 0 Å². The van der Waals surface area contributed by atoms with Gasteiger partial charge in [-0.15, -0.1) is 0 Å². The summed E-state index contributed by atoms with van der Waals surface area (Å²) in [6.45, 7) is 0. The summed E-state index contributed by atoms with van der Waals surface area (Å²) in [4.78, 5) is 12.2. The first-order valence-corrected chi connectivity index (χ1v) is 6.71. The molecule has 19 heavy (non-hydrogen) atoms. The fourth-order valence-electron chi connectivity index (χ4n) is 3.02. The molecule has 1 saturated carbocycles. The van der Waals surface area contributed by atoms with Gasteiger partial charge in [0.2, 0.25) is 5.91 Å². The number of nitrogens with one attached hydrogen (secondary N) is 2. The van der Waals surface area contributed by atoms with Crippen molar-refractivity contribution in [1.82, 2.24) is 0 Å². The molecular weight excluding hydrogens is 250 g/mol. The van der Waals surface area contributed by atoms with E-state index in [2.05, 4.69) is 10.6 Å². The average Bonchev–Trinajstić information content (AvgIpc) is 2.64. The van der Waals surface area contributed by atoms with Gasteiger partial charge < -0.3 is 10.6 Å². The molecular formula is C14H16F2N2O. The van der Waals surface area contributed by atoms with E-state index in [4.69, 9.17) is 0 Å². The minimum absolute atomic E-state index is 0.0371. The van der Waals surface area contributed by atoms with Crippen LogP contribution >= 0.6 is 0 Å². The van der Waals surface area contributed by atoms with Crippen molar-refractivity contribution in [2.24, 2.45) is 5.92 Å². The standard InChI is InChI=1S/C14H16F2N2O/c15-8-6-10(16)13-12(7-8)17-11-5-3-1-2-4-9(11)14(19)18-13/h6-7,9,11,17H,1-5H2,(H,18,19). The molecule has 1 aromatic rings. The lowest BCUT2D eigenvalue weighted by molar-refractivity contribution is -0.120. The average molecular weight is 266 g/mol. The zero-order valence-electron chi connectivity index (χ0n) is 10.5. The van der Waals surface area contributed by atoms with Crippen LogP contribution in [0.25, 0.3) is 0 Å². The molecule has 102 valence electrons. The molecule has 0 aromatic heterocycles. The summed E-state index contributed by atoms with van der Waals surface area (Å²) in [7, 11) is 0. The van der Waals surface area contributed by atoms with Crippen LogP contribution in [-0.4, -0.2) is 11.9 Å². The first-order valence-electron chi connectivity index (χ1n) is 6.71. The predicted octanol–water partition coefficient (Wildman–Crippen LogP) is 3.28. The lowest BCUT2D eigenvalue weighted by atomic mass is 9.94. The Morgan fingerprint density at radius 1 is 1.11 bits per heavy atom. The Hall–Kier alpha value is -1.65. The molecule has 1 fully saturated rings.